The molecule has 0 aliphatic carbocycles. The summed E-state index contributed by atoms with van der Waals surface area (Å²) in [6.07, 6.45) is 0. The van der Waals surface area contributed by atoms with E-state index in [1.54, 1.807) is 30.3 Å². The molecule has 2 rings (SSSR count). The van der Waals surface area contributed by atoms with E-state index in [4.69, 9.17) is 16.3 Å². The molecule has 2 aromatic carbocycles. The second kappa shape index (κ2) is 6.91. The molecule has 0 bridgehead atoms. The van der Waals surface area contributed by atoms with Crippen LogP contribution in [0, 0.1) is 6.92 Å². The lowest BCUT2D eigenvalue weighted by Crippen LogP contribution is -2.31. The zero-order valence-electron chi connectivity index (χ0n) is 11.7. The van der Waals surface area contributed by atoms with Crippen LogP contribution in [0.4, 0.5) is 0 Å². The Morgan fingerprint density at radius 3 is 2.50 bits per heavy atom. The van der Waals surface area contributed by atoms with E-state index in [-0.39, 0.29) is 4.90 Å². The Bertz CT molecular complexity index is 772. The third kappa shape index (κ3) is 4.56. The van der Waals surface area contributed by atoms with Gasteiger partial charge in [0.2, 0.25) is 10.0 Å². The van der Waals surface area contributed by atoms with Crippen molar-refractivity contribution >= 4 is 27.6 Å². The monoisotopic (exact) mass is 339 g/mol. The van der Waals surface area contributed by atoms with Gasteiger partial charge < -0.3 is 4.74 Å². The maximum absolute atomic E-state index is 12.0. The predicted octanol–water partition coefficient (Wildman–Crippen LogP) is 2.53. The van der Waals surface area contributed by atoms with Gasteiger partial charge in [0.1, 0.15) is 12.3 Å². The van der Waals surface area contributed by atoms with Gasteiger partial charge in [-0.25, -0.2) is 8.42 Å². The maximum atomic E-state index is 12.0. The summed E-state index contributed by atoms with van der Waals surface area (Å²) < 4.78 is 31.2. The van der Waals surface area contributed by atoms with Gasteiger partial charge in [0.15, 0.2) is 0 Å². The van der Waals surface area contributed by atoms with Crippen LogP contribution in [0.1, 0.15) is 5.56 Å². The molecule has 0 saturated heterocycles. The smallest absolute Gasteiger partial charge is 0.326 e. The fraction of sp³-hybridized carbons (Fsp3) is 0.133. The molecule has 0 saturated carbocycles. The summed E-state index contributed by atoms with van der Waals surface area (Å²) in [5.74, 6) is -0.341. The van der Waals surface area contributed by atoms with Crippen molar-refractivity contribution < 1.29 is 17.9 Å². The van der Waals surface area contributed by atoms with E-state index < -0.39 is 22.5 Å². The zero-order valence-corrected chi connectivity index (χ0v) is 13.3. The number of halogens is 1. The molecule has 7 heteroatoms. The molecule has 0 unspecified atom stereocenters. The highest BCUT2D eigenvalue weighted by Gasteiger charge is 2.16. The number of rotatable bonds is 5. The Labute approximate surface area is 133 Å². The van der Waals surface area contributed by atoms with E-state index in [1.807, 2.05) is 6.92 Å². The van der Waals surface area contributed by atoms with E-state index >= 15 is 0 Å². The number of hydrogen-bond donors (Lipinski definition) is 1. The minimum absolute atomic E-state index is 0.0110. The number of benzene rings is 2. The summed E-state index contributed by atoms with van der Waals surface area (Å²) >= 11 is 5.75. The minimum Gasteiger partial charge on any atom is -0.426 e. The molecule has 1 N–H and O–H groups in total. The number of nitrogens with one attached hydrogen (secondary N) is 1. The third-order valence-corrected chi connectivity index (χ3v) is 4.40. The molecule has 116 valence electrons. The van der Waals surface area contributed by atoms with Crippen LogP contribution in [0.3, 0.4) is 0 Å². The summed E-state index contributed by atoms with van der Waals surface area (Å²) in [7, 11) is -3.81. The maximum Gasteiger partial charge on any atom is 0.326 e. The number of hydrogen-bond acceptors (Lipinski definition) is 4. The van der Waals surface area contributed by atoms with E-state index in [0.29, 0.717) is 10.8 Å². The van der Waals surface area contributed by atoms with Crippen LogP contribution in [-0.2, 0) is 14.8 Å². The largest absolute Gasteiger partial charge is 0.426 e. The summed E-state index contributed by atoms with van der Waals surface area (Å²) in [4.78, 5) is 11.7. The van der Waals surface area contributed by atoms with Gasteiger partial charge in [-0.2, -0.15) is 4.72 Å². The van der Waals surface area contributed by atoms with Crippen LogP contribution in [0.2, 0.25) is 5.02 Å². The van der Waals surface area contributed by atoms with Gasteiger partial charge in [-0.15, -0.1) is 0 Å². The van der Waals surface area contributed by atoms with Gasteiger partial charge in [0.25, 0.3) is 0 Å². The number of esters is 1. The molecule has 0 amide bonds. The molecule has 0 fully saturated rings. The lowest BCUT2D eigenvalue weighted by Gasteiger charge is -2.07. The molecule has 0 heterocycles. The molecule has 0 spiro atoms. The third-order valence-electron chi connectivity index (χ3n) is 2.77. The Morgan fingerprint density at radius 2 is 1.86 bits per heavy atom. The average Bonchev–Trinajstić information content (AvgIpc) is 2.48. The quantitative estimate of drug-likeness (QED) is 0.671. The molecule has 0 atom stereocenters. The van der Waals surface area contributed by atoms with Gasteiger partial charge in [-0.3, -0.25) is 4.79 Å². The van der Waals surface area contributed by atoms with Crippen molar-refractivity contribution in [1.82, 2.24) is 4.72 Å². The summed E-state index contributed by atoms with van der Waals surface area (Å²) in [6.45, 7) is 1.44. The van der Waals surface area contributed by atoms with E-state index in [9.17, 15) is 13.2 Å². The molecule has 0 aromatic heterocycles. The molecule has 22 heavy (non-hydrogen) atoms. The summed E-state index contributed by atoms with van der Waals surface area (Å²) in [5.41, 5.74) is 1.03. The van der Waals surface area contributed by atoms with Crippen molar-refractivity contribution in [2.24, 2.45) is 0 Å². The normalized spacial score (nSPS) is 11.2. The highest BCUT2D eigenvalue weighted by atomic mass is 35.5. The van der Waals surface area contributed by atoms with E-state index in [1.165, 1.54) is 18.2 Å². The highest BCUT2D eigenvalue weighted by molar-refractivity contribution is 7.89. The second-order valence-electron chi connectivity index (χ2n) is 4.57. The molecule has 0 aliphatic rings. The first-order valence-electron chi connectivity index (χ1n) is 6.39. The van der Waals surface area contributed by atoms with Crippen LogP contribution in [0.5, 0.6) is 5.75 Å². The van der Waals surface area contributed by atoms with Crippen molar-refractivity contribution in [1.29, 1.82) is 0 Å². The lowest BCUT2D eigenvalue weighted by molar-refractivity contribution is -0.133. The number of carbonyl (C=O) groups excluding carboxylic acids is 1. The van der Waals surface area contributed by atoms with Crippen LogP contribution in [0.15, 0.2) is 53.4 Å². The van der Waals surface area contributed by atoms with Crippen molar-refractivity contribution in [3.63, 3.8) is 0 Å². The first kappa shape index (κ1) is 16.5. The number of ether oxygens (including phenoxy) is 1. The van der Waals surface area contributed by atoms with Gasteiger partial charge >= 0.3 is 5.97 Å². The molecule has 0 aliphatic heterocycles. The average molecular weight is 340 g/mol. The first-order valence-corrected chi connectivity index (χ1v) is 8.25. The number of aryl methyl sites for hydroxylation is 1. The fourth-order valence-electron chi connectivity index (χ4n) is 1.65. The topological polar surface area (TPSA) is 72.5 Å². The highest BCUT2D eigenvalue weighted by Crippen LogP contribution is 2.15. The Hall–Kier alpha value is -1.89. The van der Waals surface area contributed by atoms with Crippen molar-refractivity contribution in [2.45, 2.75) is 11.8 Å². The van der Waals surface area contributed by atoms with Crippen LogP contribution >= 0.6 is 11.6 Å². The summed E-state index contributed by atoms with van der Waals surface area (Å²) in [6, 6.07) is 12.6. The van der Waals surface area contributed by atoms with E-state index in [2.05, 4.69) is 4.72 Å². The van der Waals surface area contributed by atoms with Gasteiger partial charge in [-0.1, -0.05) is 35.4 Å². The molecular formula is C15H14ClNO4S. The van der Waals surface area contributed by atoms with Gasteiger partial charge in [0.05, 0.1) is 4.90 Å². The van der Waals surface area contributed by atoms with E-state index in [0.717, 1.165) is 5.56 Å². The molecule has 2 aromatic rings. The molecule has 0 radical (unpaired) electrons. The summed E-state index contributed by atoms with van der Waals surface area (Å²) in [5, 5.41) is 0.296. The predicted molar refractivity (Wildman–Crippen MR) is 83.5 cm³/mol. The van der Waals surface area contributed by atoms with Gasteiger partial charge in [-0.05, 0) is 37.3 Å². The van der Waals surface area contributed by atoms with Crippen LogP contribution in [-0.4, -0.2) is 20.9 Å². The first-order chi connectivity index (χ1) is 10.4. The Balaban J connectivity index is 1.97. The van der Waals surface area contributed by atoms with Crippen LogP contribution < -0.4 is 9.46 Å². The van der Waals surface area contributed by atoms with Crippen molar-refractivity contribution in [3.8, 4) is 5.75 Å². The zero-order chi connectivity index (χ0) is 16.2. The Morgan fingerprint density at radius 1 is 1.18 bits per heavy atom. The second-order valence-corrected chi connectivity index (χ2v) is 6.77. The number of sulfonamides is 1. The lowest BCUT2D eigenvalue weighted by atomic mass is 10.2. The van der Waals surface area contributed by atoms with Crippen molar-refractivity contribution in [2.75, 3.05) is 6.54 Å². The van der Waals surface area contributed by atoms with Crippen molar-refractivity contribution in [3.05, 3.63) is 59.1 Å². The molecule has 5 nitrogen and oxygen atoms in total. The minimum atomic E-state index is -3.81. The SMILES string of the molecule is Cc1ccc(OC(=O)CNS(=O)(=O)c2cccc(Cl)c2)cc1. The Kier molecular flexibility index (Phi) is 5.18. The standard InChI is InChI=1S/C15H14ClNO4S/c1-11-5-7-13(8-6-11)21-15(18)10-17-22(19,20)14-4-2-3-12(16)9-14/h2-9,17H,10H2,1H3. The molecular weight excluding hydrogens is 326 g/mol. The van der Waals surface area contributed by atoms with Gasteiger partial charge in [0, 0.05) is 5.02 Å². The number of carbonyl (C=O) groups is 1. The van der Waals surface area contributed by atoms with Crippen LogP contribution in [0.25, 0.3) is 0 Å². The fourth-order valence-corrected chi connectivity index (χ4v) is 2.91.